The minimum absolute atomic E-state index is 0.595. The molecule has 0 fully saturated rings. The monoisotopic (exact) mass is 797 g/mol. The van der Waals surface area contributed by atoms with Crippen molar-refractivity contribution in [2.45, 2.75) is 13.8 Å². The van der Waals surface area contributed by atoms with Gasteiger partial charge in [-0.3, -0.25) is 4.98 Å². The predicted molar refractivity (Wildman–Crippen MR) is 249 cm³/mol. The summed E-state index contributed by atoms with van der Waals surface area (Å²) in [4.78, 5) is 34.8. The Labute approximate surface area is 360 Å². The molecule has 0 aliphatic heterocycles. The molecule has 7 heteroatoms. The van der Waals surface area contributed by atoms with Crippen molar-refractivity contribution in [2.24, 2.45) is 0 Å². The summed E-state index contributed by atoms with van der Waals surface area (Å²) in [6.07, 6.45) is 0. The molecule has 0 saturated heterocycles. The van der Waals surface area contributed by atoms with Gasteiger partial charge < -0.3 is 0 Å². The summed E-state index contributed by atoms with van der Waals surface area (Å²) >= 11 is 0. The number of pyridine rings is 1. The van der Waals surface area contributed by atoms with Crippen LogP contribution in [-0.2, 0) is 0 Å². The van der Waals surface area contributed by atoms with Crippen molar-refractivity contribution in [3.05, 3.63) is 212 Å². The van der Waals surface area contributed by atoms with Crippen LogP contribution >= 0.6 is 0 Å². The van der Waals surface area contributed by atoms with Crippen LogP contribution in [-0.4, -0.2) is 34.9 Å². The smallest absolute Gasteiger partial charge is 0.164 e. The van der Waals surface area contributed by atoms with Gasteiger partial charge in [0.25, 0.3) is 0 Å². The summed E-state index contributed by atoms with van der Waals surface area (Å²) in [5.74, 6) is 3.67. The van der Waals surface area contributed by atoms with E-state index in [2.05, 4.69) is 77.8 Å². The van der Waals surface area contributed by atoms with Crippen LogP contribution in [0.1, 0.15) is 11.4 Å². The lowest BCUT2D eigenvalue weighted by Gasteiger charge is -2.17. The van der Waals surface area contributed by atoms with Gasteiger partial charge in [-0.25, -0.2) is 29.9 Å². The van der Waals surface area contributed by atoms with Crippen molar-refractivity contribution in [2.75, 3.05) is 0 Å². The van der Waals surface area contributed by atoms with E-state index in [4.69, 9.17) is 29.9 Å². The maximum absolute atomic E-state index is 5.13. The molecule has 0 aliphatic rings. The zero-order valence-electron chi connectivity index (χ0n) is 34.2. The van der Waals surface area contributed by atoms with Gasteiger partial charge in [0, 0.05) is 44.8 Å². The van der Waals surface area contributed by atoms with E-state index in [9.17, 15) is 0 Å². The SMILES string of the molecule is Cc1cc(-c2ccc(-c3ccccc3-c3nc(-c4ccccc4)nc(-c4ccccc4)n3)c(-c3ccc(-c4nc(-c5ccccc5)nc(-c5ccccc5)n4)cc3)c2)cc(C)n1. The molecule has 62 heavy (non-hydrogen) atoms. The van der Waals surface area contributed by atoms with Crippen molar-refractivity contribution in [1.29, 1.82) is 0 Å². The fourth-order valence-electron chi connectivity index (χ4n) is 7.78. The highest BCUT2D eigenvalue weighted by Gasteiger charge is 2.19. The third kappa shape index (κ3) is 7.90. The highest BCUT2D eigenvalue weighted by molar-refractivity contribution is 5.93. The summed E-state index contributed by atoms with van der Waals surface area (Å²) < 4.78 is 0. The lowest BCUT2D eigenvalue weighted by Crippen LogP contribution is -2.01. The number of aromatic nitrogens is 7. The van der Waals surface area contributed by atoms with Crippen LogP contribution in [0.3, 0.4) is 0 Å². The average Bonchev–Trinajstić information content (AvgIpc) is 3.34. The first-order chi connectivity index (χ1) is 30.5. The first-order valence-electron chi connectivity index (χ1n) is 20.6. The van der Waals surface area contributed by atoms with Gasteiger partial charge in [-0.2, -0.15) is 0 Å². The van der Waals surface area contributed by atoms with E-state index in [1.165, 1.54) is 0 Å². The van der Waals surface area contributed by atoms with Gasteiger partial charge in [0.2, 0.25) is 0 Å². The van der Waals surface area contributed by atoms with Gasteiger partial charge >= 0.3 is 0 Å². The zero-order valence-corrected chi connectivity index (χ0v) is 34.2. The Kier molecular flexibility index (Phi) is 10.3. The second kappa shape index (κ2) is 16.8. The minimum Gasteiger partial charge on any atom is -0.258 e. The van der Waals surface area contributed by atoms with E-state index in [1.54, 1.807) is 0 Å². The van der Waals surface area contributed by atoms with Crippen molar-refractivity contribution >= 4 is 0 Å². The maximum Gasteiger partial charge on any atom is 0.164 e. The summed E-state index contributed by atoms with van der Waals surface area (Å²) in [5.41, 5.74) is 13.8. The number of hydrogen-bond donors (Lipinski definition) is 0. The quantitative estimate of drug-likeness (QED) is 0.144. The summed E-state index contributed by atoms with van der Waals surface area (Å²) in [7, 11) is 0. The largest absolute Gasteiger partial charge is 0.258 e. The van der Waals surface area contributed by atoms with E-state index in [0.717, 1.165) is 78.1 Å². The zero-order chi connectivity index (χ0) is 41.8. The molecular formula is C55H39N7. The lowest BCUT2D eigenvalue weighted by molar-refractivity contribution is 1.07. The Morgan fingerprint density at radius 1 is 0.210 bits per heavy atom. The van der Waals surface area contributed by atoms with Crippen LogP contribution < -0.4 is 0 Å². The first-order valence-corrected chi connectivity index (χ1v) is 20.6. The third-order valence-corrected chi connectivity index (χ3v) is 10.7. The predicted octanol–water partition coefficient (Wildman–Crippen LogP) is 13.1. The standard InChI is InChI=1S/C55H39N7/c1-36-33-45(34-37(2)56-36)44-31-32-47(46-25-15-16-26-48(46)55-61-52(41-21-11-5-12-22-41)60-53(62-55)42-23-13-6-14-24-42)49(35-44)38-27-29-43(30-28-38)54-58-50(39-17-7-3-8-18-39)57-51(59-54)40-19-9-4-10-20-40/h3-35H,1-2H3. The minimum atomic E-state index is 0.595. The molecule has 294 valence electrons. The maximum atomic E-state index is 5.13. The number of aryl methyl sites for hydroxylation is 2. The molecule has 7 nitrogen and oxygen atoms in total. The van der Waals surface area contributed by atoms with Gasteiger partial charge in [0.15, 0.2) is 34.9 Å². The van der Waals surface area contributed by atoms with Gasteiger partial charge in [-0.1, -0.05) is 182 Å². The molecular weight excluding hydrogens is 759 g/mol. The number of hydrogen-bond acceptors (Lipinski definition) is 7. The summed E-state index contributed by atoms with van der Waals surface area (Å²) in [5, 5.41) is 0. The van der Waals surface area contributed by atoms with Crippen LogP contribution in [0.2, 0.25) is 0 Å². The van der Waals surface area contributed by atoms with Crippen molar-refractivity contribution in [1.82, 2.24) is 34.9 Å². The molecule has 0 saturated carbocycles. The van der Waals surface area contributed by atoms with Gasteiger partial charge in [0.1, 0.15) is 0 Å². The molecule has 0 atom stereocenters. The fourth-order valence-corrected chi connectivity index (χ4v) is 7.78. The average molecular weight is 798 g/mol. The number of nitrogens with zero attached hydrogens (tertiary/aromatic N) is 7. The van der Waals surface area contributed by atoms with E-state index in [-0.39, 0.29) is 0 Å². The topological polar surface area (TPSA) is 90.2 Å². The van der Waals surface area contributed by atoms with Crippen LogP contribution in [0.15, 0.2) is 200 Å². The number of benzene rings is 7. The Hall–Kier alpha value is -8.29. The normalized spacial score (nSPS) is 11.1. The Morgan fingerprint density at radius 3 is 0.968 bits per heavy atom. The van der Waals surface area contributed by atoms with E-state index in [1.807, 2.05) is 141 Å². The van der Waals surface area contributed by atoms with E-state index >= 15 is 0 Å². The molecule has 10 aromatic rings. The van der Waals surface area contributed by atoms with Crippen LogP contribution in [0.5, 0.6) is 0 Å². The van der Waals surface area contributed by atoms with E-state index in [0.29, 0.717) is 34.9 Å². The molecule has 0 spiro atoms. The Balaban J connectivity index is 1.13. The van der Waals surface area contributed by atoms with Gasteiger partial charge in [0.05, 0.1) is 0 Å². The molecule has 10 rings (SSSR count). The molecule has 0 N–H and O–H groups in total. The highest BCUT2D eigenvalue weighted by atomic mass is 15.0. The third-order valence-electron chi connectivity index (χ3n) is 10.7. The second-order valence-corrected chi connectivity index (χ2v) is 15.1. The van der Waals surface area contributed by atoms with Crippen LogP contribution in [0, 0.1) is 13.8 Å². The molecule has 3 aromatic heterocycles. The van der Waals surface area contributed by atoms with Gasteiger partial charge in [-0.05, 0) is 65.4 Å². The van der Waals surface area contributed by atoms with Crippen molar-refractivity contribution < 1.29 is 0 Å². The Bertz CT molecular complexity index is 3040. The molecule has 0 aliphatic carbocycles. The lowest BCUT2D eigenvalue weighted by atomic mass is 9.88. The molecule has 3 heterocycles. The fraction of sp³-hybridized carbons (Fsp3) is 0.0364. The van der Waals surface area contributed by atoms with Crippen molar-refractivity contribution in [3.63, 3.8) is 0 Å². The van der Waals surface area contributed by atoms with Gasteiger partial charge in [-0.15, -0.1) is 0 Å². The van der Waals surface area contributed by atoms with Crippen LogP contribution in [0.4, 0.5) is 0 Å². The van der Waals surface area contributed by atoms with E-state index < -0.39 is 0 Å². The highest BCUT2D eigenvalue weighted by Crippen LogP contribution is 2.41. The molecule has 0 bridgehead atoms. The molecule has 0 radical (unpaired) electrons. The first kappa shape index (κ1) is 37.9. The molecule has 0 amide bonds. The molecule has 7 aromatic carbocycles. The summed E-state index contributed by atoms with van der Waals surface area (Å²) in [6.45, 7) is 4.08. The summed E-state index contributed by atoms with van der Waals surface area (Å²) in [6, 6.07) is 68.1. The Morgan fingerprint density at radius 2 is 0.532 bits per heavy atom. The van der Waals surface area contributed by atoms with Crippen molar-refractivity contribution in [3.8, 4) is 102 Å². The number of rotatable bonds is 9. The van der Waals surface area contributed by atoms with Crippen LogP contribution in [0.25, 0.3) is 102 Å². The second-order valence-electron chi connectivity index (χ2n) is 15.1. The molecule has 0 unspecified atom stereocenters.